The Kier molecular flexibility index (Phi) is 4.48. The molecule has 1 aromatic rings. The van der Waals surface area contributed by atoms with Gasteiger partial charge in [-0.2, -0.15) is 0 Å². The van der Waals surface area contributed by atoms with Crippen molar-refractivity contribution in [3.05, 3.63) is 22.4 Å². The number of carbonyl (C=O) groups excluding carboxylic acids is 1. The van der Waals surface area contributed by atoms with Crippen molar-refractivity contribution >= 4 is 17.4 Å². The van der Waals surface area contributed by atoms with Crippen molar-refractivity contribution in [3.63, 3.8) is 0 Å². The number of nitrogens with zero attached hydrogens (tertiary/aromatic N) is 1. The summed E-state index contributed by atoms with van der Waals surface area (Å²) < 4.78 is 0. The van der Waals surface area contributed by atoms with Crippen LogP contribution in [0.4, 0.5) is 4.79 Å². The number of rotatable bonds is 4. The van der Waals surface area contributed by atoms with E-state index >= 15 is 0 Å². The summed E-state index contributed by atoms with van der Waals surface area (Å²) in [5, 5.41) is 8.93. The molecule has 2 heterocycles. The topological polar surface area (TPSA) is 44.4 Å². The molecule has 5 fully saturated rings. The van der Waals surface area contributed by atoms with Crippen LogP contribution in [0.25, 0.3) is 0 Å². The SMILES string of the molecule is O=C(NC1CCCN(Cc2cccs2)C1)NC12CC3CC(CC(C3)C1)C2. The van der Waals surface area contributed by atoms with Crippen LogP contribution in [0, 0.1) is 17.8 Å². The molecular weight excluding hydrogens is 342 g/mol. The van der Waals surface area contributed by atoms with Crippen LogP contribution in [0.15, 0.2) is 17.5 Å². The maximum Gasteiger partial charge on any atom is 0.315 e. The van der Waals surface area contributed by atoms with Crippen LogP contribution in [-0.4, -0.2) is 35.6 Å². The number of carbonyl (C=O) groups is 1. The van der Waals surface area contributed by atoms with Gasteiger partial charge in [0.05, 0.1) is 0 Å². The number of amides is 2. The molecule has 1 aromatic heterocycles. The van der Waals surface area contributed by atoms with E-state index in [2.05, 4.69) is 33.0 Å². The molecular formula is C21H31N3OS. The van der Waals surface area contributed by atoms with Crippen LogP contribution in [0.1, 0.15) is 56.2 Å². The molecule has 1 saturated heterocycles. The molecule has 6 rings (SSSR count). The zero-order valence-electron chi connectivity index (χ0n) is 15.6. The second-order valence-corrected chi connectivity index (χ2v) is 10.5. The summed E-state index contributed by atoms with van der Waals surface area (Å²) in [6.45, 7) is 3.14. The van der Waals surface area contributed by atoms with E-state index in [1.807, 2.05) is 11.3 Å². The first-order valence-corrected chi connectivity index (χ1v) is 11.4. The molecule has 1 atom stereocenters. The van der Waals surface area contributed by atoms with Crippen molar-refractivity contribution in [3.8, 4) is 0 Å². The average molecular weight is 374 g/mol. The minimum atomic E-state index is 0.0925. The largest absolute Gasteiger partial charge is 0.334 e. The number of piperidine rings is 1. The van der Waals surface area contributed by atoms with Gasteiger partial charge in [-0.3, -0.25) is 4.90 Å². The number of thiophene rings is 1. The fourth-order valence-electron chi connectivity index (χ4n) is 6.67. The van der Waals surface area contributed by atoms with Crippen molar-refractivity contribution in [2.75, 3.05) is 13.1 Å². The molecule has 4 nitrogen and oxygen atoms in total. The first-order valence-electron chi connectivity index (χ1n) is 10.5. The van der Waals surface area contributed by atoms with Crippen LogP contribution in [0.3, 0.4) is 0 Å². The van der Waals surface area contributed by atoms with Gasteiger partial charge in [-0.15, -0.1) is 11.3 Å². The molecule has 4 saturated carbocycles. The fraction of sp³-hybridized carbons (Fsp3) is 0.762. The number of nitrogens with one attached hydrogen (secondary N) is 2. The van der Waals surface area contributed by atoms with Crippen molar-refractivity contribution in [1.82, 2.24) is 15.5 Å². The lowest BCUT2D eigenvalue weighted by atomic mass is 9.53. The van der Waals surface area contributed by atoms with E-state index in [9.17, 15) is 4.79 Å². The second-order valence-electron chi connectivity index (χ2n) is 9.45. The van der Waals surface area contributed by atoms with Gasteiger partial charge in [0.2, 0.25) is 0 Å². The van der Waals surface area contributed by atoms with Gasteiger partial charge in [0.15, 0.2) is 0 Å². The average Bonchev–Trinajstić information content (AvgIpc) is 3.06. The van der Waals surface area contributed by atoms with Gasteiger partial charge in [0.1, 0.15) is 0 Å². The highest BCUT2D eigenvalue weighted by molar-refractivity contribution is 7.09. The Hall–Kier alpha value is -1.07. The summed E-state index contributed by atoms with van der Waals surface area (Å²) in [7, 11) is 0. The van der Waals surface area contributed by atoms with E-state index in [0.29, 0.717) is 0 Å². The summed E-state index contributed by atoms with van der Waals surface area (Å²) in [4.78, 5) is 16.7. The third kappa shape index (κ3) is 3.53. The number of likely N-dealkylation sites (tertiary alicyclic amines) is 1. The molecule has 5 aliphatic rings. The molecule has 142 valence electrons. The lowest BCUT2D eigenvalue weighted by Crippen LogP contribution is -2.62. The van der Waals surface area contributed by atoms with E-state index in [-0.39, 0.29) is 17.6 Å². The molecule has 2 amide bonds. The van der Waals surface area contributed by atoms with Gasteiger partial charge in [0.25, 0.3) is 0 Å². The maximum absolute atomic E-state index is 12.8. The highest BCUT2D eigenvalue weighted by Crippen LogP contribution is 2.55. The lowest BCUT2D eigenvalue weighted by Gasteiger charge is -2.56. The van der Waals surface area contributed by atoms with Gasteiger partial charge in [-0.25, -0.2) is 4.79 Å². The van der Waals surface area contributed by atoms with E-state index in [1.54, 1.807) is 0 Å². The molecule has 26 heavy (non-hydrogen) atoms. The fourth-order valence-corrected chi connectivity index (χ4v) is 7.41. The van der Waals surface area contributed by atoms with E-state index < -0.39 is 0 Å². The highest BCUT2D eigenvalue weighted by Gasteiger charge is 2.51. The van der Waals surface area contributed by atoms with Crippen LogP contribution in [0.2, 0.25) is 0 Å². The number of urea groups is 1. The van der Waals surface area contributed by atoms with Gasteiger partial charge >= 0.3 is 6.03 Å². The molecule has 0 radical (unpaired) electrons. The van der Waals surface area contributed by atoms with E-state index in [0.717, 1.165) is 43.8 Å². The zero-order valence-corrected chi connectivity index (χ0v) is 16.4. The first-order chi connectivity index (χ1) is 12.7. The number of hydrogen-bond donors (Lipinski definition) is 2. The highest BCUT2D eigenvalue weighted by atomic mass is 32.1. The van der Waals surface area contributed by atoms with Crippen molar-refractivity contribution < 1.29 is 4.79 Å². The molecule has 0 spiro atoms. The third-order valence-electron chi connectivity index (χ3n) is 7.22. The Morgan fingerprint density at radius 1 is 1.19 bits per heavy atom. The molecule has 1 aliphatic heterocycles. The minimum Gasteiger partial charge on any atom is -0.334 e. The van der Waals surface area contributed by atoms with Gasteiger partial charge in [0, 0.05) is 29.5 Å². The minimum absolute atomic E-state index is 0.0925. The van der Waals surface area contributed by atoms with Crippen LogP contribution in [-0.2, 0) is 6.54 Å². The smallest absolute Gasteiger partial charge is 0.315 e. The molecule has 0 aromatic carbocycles. The first kappa shape index (κ1) is 17.1. The Bertz CT molecular complexity index is 608. The summed E-state index contributed by atoms with van der Waals surface area (Å²) >= 11 is 1.83. The predicted octanol–water partition coefficient (Wildman–Crippen LogP) is 3.98. The molecule has 5 heteroatoms. The summed E-state index contributed by atoms with van der Waals surface area (Å²) in [6, 6.07) is 4.72. The maximum atomic E-state index is 12.8. The predicted molar refractivity (Wildman–Crippen MR) is 105 cm³/mol. The van der Waals surface area contributed by atoms with Crippen molar-refractivity contribution in [2.45, 2.75) is 69.5 Å². The van der Waals surface area contributed by atoms with Crippen LogP contribution >= 0.6 is 11.3 Å². The summed E-state index contributed by atoms with van der Waals surface area (Å²) in [5.74, 6) is 2.62. The zero-order chi connectivity index (χ0) is 17.6. The lowest BCUT2D eigenvalue weighted by molar-refractivity contribution is -0.0138. The van der Waals surface area contributed by atoms with Gasteiger partial charge in [-0.1, -0.05) is 6.07 Å². The standard InChI is InChI=1S/C21H31N3OS/c25-20(23-21-10-15-7-16(11-21)9-17(8-15)12-21)22-18-3-1-5-24(13-18)14-19-4-2-6-26-19/h2,4,6,15-18H,1,3,5,7-14H2,(H2,22,23,25). The molecule has 2 N–H and O–H groups in total. The monoisotopic (exact) mass is 373 g/mol. The summed E-state index contributed by atoms with van der Waals surface area (Å²) in [5.41, 5.74) is 0.115. The quantitative estimate of drug-likeness (QED) is 0.838. The van der Waals surface area contributed by atoms with Crippen molar-refractivity contribution in [2.24, 2.45) is 17.8 Å². The molecule has 4 bridgehead atoms. The Morgan fingerprint density at radius 2 is 1.92 bits per heavy atom. The Labute approximate surface area is 160 Å². The second kappa shape index (κ2) is 6.83. The molecule has 1 unspecified atom stereocenters. The Balaban J connectivity index is 1.15. The van der Waals surface area contributed by atoms with Crippen LogP contribution < -0.4 is 10.6 Å². The van der Waals surface area contributed by atoms with E-state index in [4.69, 9.17) is 0 Å². The normalized spacial score (nSPS) is 39.1. The third-order valence-corrected chi connectivity index (χ3v) is 8.08. The molecule has 4 aliphatic carbocycles. The van der Waals surface area contributed by atoms with E-state index in [1.165, 1.54) is 49.8 Å². The van der Waals surface area contributed by atoms with Crippen LogP contribution in [0.5, 0.6) is 0 Å². The van der Waals surface area contributed by atoms with Crippen molar-refractivity contribution in [1.29, 1.82) is 0 Å². The summed E-state index contributed by atoms with van der Waals surface area (Å²) in [6.07, 6.45) is 10.2. The van der Waals surface area contributed by atoms with Gasteiger partial charge in [-0.05, 0) is 87.1 Å². The number of hydrogen-bond acceptors (Lipinski definition) is 3. The Morgan fingerprint density at radius 3 is 2.58 bits per heavy atom. The van der Waals surface area contributed by atoms with Gasteiger partial charge < -0.3 is 10.6 Å².